The number of aliphatic hydroxyl groups excluding tert-OH is 1. The Morgan fingerprint density at radius 1 is 1.00 bits per heavy atom. The molecule has 10 heteroatoms. The smallest absolute Gasteiger partial charge is 0.280 e. The van der Waals surface area contributed by atoms with Crippen LogP contribution in [0.2, 0.25) is 0 Å². The minimum atomic E-state index is -4.44. The minimum Gasteiger partial charge on any atom is -0.438 e. The Bertz CT molecular complexity index is 1320. The van der Waals surface area contributed by atoms with Crippen molar-refractivity contribution < 1.29 is 27.0 Å². The first-order valence-electron chi connectivity index (χ1n) is 10.9. The molecule has 0 amide bonds. The number of alkyl halides is 2. The van der Waals surface area contributed by atoms with Gasteiger partial charge in [0.05, 0.1) is 5.56 Å². The number of pyridine rings is 2. The zero-order valence-electron chi connectivity index (χ0n) is 20.4. The predicted molar refractivity (Wildman–Crippen MR) is 128 cm³/mol. The Morgan fingerprint density at radius 3 is 2.20 bits per heavy atom. The quantitative estimate of drug-likeness (QED) is 0.417. The number of nitrogens with zero attached hydrogens (tertiary/aromatic N) is 2. The summed E-state index contributed by atoms with van der Waals surface area (Å²) in [6, 6.07) is 10.3. The van der Waals surface area contributed by atoms with Crippen LogP contribution in [0.5, 0.6) is 11.6 Å². The number of aliphatic hydroxyl groups is 1. The Kier molecular flexibility index (Phi) is 7.59. The number of benzene rings is 1. The topological polar surface area (TPSA) is 101 Å². The van der Waals surface area contributed by atoms with Gasteiger partial charge >= 0.3 is 0 Å². The van der Waals surface area contributed by atoms with Crippen molar-refractivity contribution in [2.24, 2.45) is 0 Å². The van der Waals surface area contributed by atoms with E-state index in [0.29, 0.717) is 11.4 Å². The molecule has 7 nitrogen and oxygen atoms in total. The molecule has 2 heterocycles. The van der Waals surface area contributed by atoms with Crippen molar-refractivity contribution in [3.8, 4) is 11.6 Å². The standard InChI is InChI=1S/C25H29F2N3O4S/c1-14-12-15(2)21(16(3)13-14)34-24-17(10-11-19(29-24)25(4,5)6)23(31)30-35(32,33)20-9-7-8-18(28-20)22(26)27/h7-13,22-23,30-31H,1-6H3. The highest BCUT2D eigenvalue weighted by atomic mass is 32.2. The molecule has 1 aromatic carbocycles. The van der Waals surface area contributed by atoms with Gasteiger partial charge in [0.25, 0.3) is 16.4 Å². The van der Waals surface area contributed by atoms with E-state index in [0.717, 1.165) is 34.9 Å². The van der Waals surface area contributed by atoms with Crippen LogP contribution in [0.3, 0.4) is 0 Å². The number of nitrogens with one attached hydrogen (secondary N) is 1. The van der Waals surface area contributed by atoms with Crippen LogP contribution in [-0.2, 0) is 15.4 Å². The van der Waals surface area contributed by atoms with Crippen LogP contribution >= 0.6 is 0 Å². The zero-order valence-corrected chi connectivity index (χ0v) is 21.2. The molecule has 0 saturated heterocycles. The number of aryl methyl sites for hydroxylation is 3. The maximum absolute atomic E-state index is 13.0. The number of ether oxygens (including phenoxy) is 1. The largest absolute Gasteiger partial charge is 0.438 e. The molecule has 1 atom stereocenters. The molecular formula is C25H29F2N3O4S. The van der Waals surface area contributed by atoms with Gasteiger partial charge in [0.1, 0.15) is 17.7 Å². The average molecular weight is 506 g/mol. The van der Waals surface area contributed by atoms with Crippen molar-refractivity contribution >= 4 is 10.0 Å². The predicted octanol–water partition coefficient (Wildman–Crippen LogP) is 5.40. The fraction of sp³-hybridized carbons (Fsp3) is 0.360. The number of rotatable bonds is 7. The summed E-state index contributed by atoms with van der Waals surface area (Å²) in [5.74, 6) is 0.564. The molecule has 2 N–H and O–H groups in total. The summed E-state index contributed by atoms with van der Waals surface area (Å²) in [6.45, 7) is 11.6. The lowest BCUT2D eigenvalue weighted by Crippen LogP contribution is -2.30. The third-order valence-electron chi connectivity index (χ3n) is 5.27. The molecule has 0 aliphatic rings. The number of sulfonamides is 1. The molecule has 188 valence electrons. The van der Waals surface area contributed by atoms with E-state index in [1.54, 1.807) is 6.07 Å². The summed E-state index contributed by atoms with van der Waals surface area (Å²) >= 11 is 0. The lowest BCUT2D eigenvalue weighted by atomic mass is 9.91. The van der Waals surface area contributed by atoms with Gasteiger partial charge < -0.3 is 9.84 Å². The second kappa shape index (κ2) is 9.96. The fourth-order valence-electron chi connectivity index (χ4n) is 3.56. The second-order valence-corrected chi connectivity index (χ2v) is 11.1. The van der Waals surface area contributed by atoms with Crippen LogP contribution in [0.15, 0.2) is 47.5 Å². The van der Waals surface area contributed by atoms with Crippen molar-refractivity contribution in [3.05, 3.63) is 76.1 Å². The molecule has 2 aromatic heterocycles. The van der Waals surface area contributed by atoms with Crippen LogP contribution in [-0.4, -0.2) is 23.5 Å². The molecule has 0 saturated carbocycles. The van der Waals surface area contributed by atoms with E-state index < -0.39 is 33.4 Å². The van der Waals surface area contributed by atoms with E-state index in [9.17, 15) is 22.3 Å². The minimum absolute atomic E-state index is 0.0250. The van der Waals surface area contributed by atoms with E-state index in [4.69, 9.17) is 4.74 Å². The van der Waals surface area contributed by atoms with Crippen molar-refractivity contribution in [1.29, 1.82) is 0 Å². The van der Waals surface area contributed by atoms with E-state index >= 15 is 0 Å². The highest BCUT2D eigenvalue weighted by Crippen LogP contribution is 2.35. The summed E-state index contributed by atoms with van der Waals surface area (Å²) in [5, 5.41) is 10.2. The first-order chi connectivity index (χ1) is 16.2. The molecule has 0 aliphatic carbocycles. The lowest BCUT2D eigenvalue weighted by Gasteiger charge is -2.23. The second-order valence-electron chi connectivity index (χ2n) is 9.40. The highest BCUT2D eigenvalue weighted by molar-refractivity contribution is 7.89. The number of aromatic nitrogens is 2. The molecule has 3 rings (SSSR count). The van der Waals surface area contributed by atoms with Gasteiger partial charge in [-0.05, 0) is 56.2 Å². The van der Waals surface area contributed by atoms with Gasteiger partial charge in [-0.15, -0.1) is 0 Å². The van der Waals surface area contributed by atoms with E-state index in [2.05, 4.69) is 14.7 Å². The highest BCUT2D eigenvalue weighted by Gasteiger charge is 2.27. The monoisotopic (exact) mass is 505 g/mol. The summed E-state index contributed by atoms with van der Waals surface area (Å²) < 4.78 is 59.8. The van der Waals surface area contributed by atoms with Gasteiger partial charge in [-0.3, -0.25) is 0 Å². The summed E-state index contributed by atoms with van der Waals surface area (Å²) in [4.78, 5) is 8.07. The third-order valence-corrected chi connectivity index (χ3v) is 6.58. The van der Waals surface area contributed by atoms with Gasteiger partial charge in [0.15, 0.2) is 5.03 Å². The van der Waals surface area contributed by atoms with Crippen LogP contribution in [0.4, 0.5) is 8.78 Å². The number of hydrogen-bond acceptors (Lipinski definition) is 6. The first-order valence-corrected chi connectivity index (χ1v) is 12.4. The Balaban J connectivity index is 2.03. The Hall–Kier alpha value is -2.95. The fourth-order valence-corrected chi connectivity index (χ4v) is 4.58. The normalized spacial score (nSPS) is 13.2. The molecule has 0 aliphatic heterocycles. The zero-order chi connectivity index (χ0) is 26.1. The average Bonchev–Trinajstić information content (AvgIpc) is 2.75. The van der Waals surface area contributed by atoms with E-state index in [1.165, 1.54) is 6.07 Å². The Labute approximate surface area is 204 Å². The van der Waals surface area contributed by atoms with Gasteiger partial charge in [0.2, 0.25) is 5.88 Å². The summed E-state index contributed by atoms with van der Waals surface area (Å²) in [6.07, 6.45) is -4.72. The van der Waals surface area contributed by atoms with Crippen LogP contribution in [0.1, 0.15) is 67.1 Å². The SMILES string of the molecule is Cc1cc(C)c(Oc2nc(C(C)(C)C)ccc2C(O)NS(=O)(=O)c2cccc(C(F)F)n2)c(C)c1. The molecular weight excluding hydrogens is 476 g/mol. The van der Waals surface area contributed by atoms with Crippen molar-refractivity contribution in [3.63, 3.8) is 0 Å². The third kappa shape index (κ3) is 6.19. The van der Waals surface area contributed by atoms with E-state index in [1.807, 2.05) is 53.7 Å². The van der Waals surface area contributed by atoms with Gasteiger partial charge in [-0.1, -0.05) is 44.5 Å². The Morgan fingerprint density at radius 2 is 1.63 bits per heavy atom. The number of halogens is 2. The molecule has 0 fully saturated rings. The maximum Gasteiger partial charge on any atom is 0.280 e. The van der Waals surface area contributed by atoms with Crippen LogP contribution in [0.25, 0.3) is 0 Å². The molecule has 1 unspecified atom stereocenters. The van der Waals surface area contributed by atoms with Crippen molar-refractivity contribution in [2.75, 3.05) is 0 Å². The molecule has 0 spiro atoms. The number of hydrogen-bond donors (Lipinski definition) is 2. The van der Waals surface area contributed by atoms with Gasteiger partial charge in [-0.25, -0.2) is 27.2 Å². The van der Waals surface area contributed by atoms with Crippen LogP contribution < -0.4 is 9.46 Å². The molecule has 0 radical (unpaired) electrons. The first kappa shape index (κ1) is 26.7. The summed E-state index contributed by atoms with van der Waals surface area (Å²) in [7, 11) is -4.44. The maximum atomic E-state index is 13.0. The van der Waals surface area contributed by atoms with Gasteiger partial charge in [-0.2, -0.15) is 4.72 Å². The van der Waals surface area contributed by atoms with Crippen LogP contribution in [0, 0.1) is 20.8 Å². The lowest BCUT2D eigenvalue weighted by molar-refractivity contribution is 0.145. The van der Waals surface area contributed by atoms with Gasteiger partial charge in [0, 0.05) is 11.1 Å². The summed E-state index contributed by atoms with van der Waals surface area (Å²) in [5.41, 5.74) is 2.44. The molecule has 35 heavy (non-hydrogen) atoms. The molecule has 0 bridgehead atoms. The van der Waals surface area contributed by atoms with Crippen molar-refractivity contribution in [1.82, 2.24) is 14.7 Å². The van der Waals surface area contributed by atoms with E-state index in [-0.39, 0.29) is 16.9 Å². The molecule has 3 aromatic rings. The van der Waals surface area contributed by atoms with Crippen molar-refractivity contribution in [2.45, 2.75) is 64.6 Å².